The molecule has 1 aromatic heterocycles. The van der Waals surface area contributed by atoms with Crippen LogP contribution in [0.5, 0.6) is 0 Å². The Labute approximate surface area is 390 Å². The lowest BCUT2D eigenvalue weighted by Crippen LogP contribution is -2.28. The molecule has 0 spiro atoms. The van der Waals surface area contributed by atoms with Crippen LogP contribution in [0.4, 0.5) is 17.1 Å². The molecule has 11 aromatic carbocycles. The van der Waals surface area contributed by atoms with Crippen LogP contribution in [0.25, 0.3) is 71.6 Å². The first-order chi connectivity index (χ1) is 33.3. The molecule has 0 unspecified atom stereocenters. The maximum absolute atomic E-state index is 2.48. The van der Waals surface area contributed by atoms with E-state index in [-0.39, 0.29) is 0 Å². The second-order valence-corrected chi connectivity index (χ2v) is 17.6. The van der Waals surface area contributed by atoms with Gasteiger partial charge in [-0.2, -0.15) is 0 Å². The van der Waals surface area contributed by atoms with Crippen molar-refractivity contribution in [3.63, 3.8) is 0 Å². The third-order valence-corrected chi connectivity index (χ3v) is 14.1. The summed E-state index contributed by atoms with van der Waals surface area (Å²) in [4.78, 5) is 2.48. The van der Waals surface area contributed by atoms with Crippen LogP contribution in [0.2, 0.25) is 0 Å². The van der Waals surface area contributed by atoms with Crippen molar-refractivity contribution in [2.24, 2.45) is 0 Å². The molecule has 1 aliphatic rings. The summed E-state index contributed by atoms with van der Waals surface area (Å²) in [6.45, 7) is 0. The van der Waals surface area contributed by atoms with Gasteiger partial charge in [0.05, 0.1) is 22.1 Å². The average Bonchev–Trinajstić information content (AvgIpc) is 3.90. The van der Waals surface area contributed by atoms with E-state index in [0.29, 0.717) is 0 Å². The molecule has 0 N–H and O–H groups in total. The Morgan fingerprint density at radius 1 is 0.313 bits per heavy atom. The molecule has 0 bridgehead atoms. The Morgan fingerprint density at radius 2 is 0.866 bits per heavy atom. The van der Waals surface area contributed by atoms with Crippen LogP contribution < -0.4 is 4.90 Å². The molecule has 0 aliphatic heterocycles. The van der Waals surface area contributed by atoms with Crippen LogP contribution >= 0.6 is 0 Å². The number of aromatic nitrogens is 1. The maximum Gasteiger partial charge on any atom is 0.0714 e. The first-order valence-corrected chi connectivity index (χ1v) is 23.2. The zero-order chi connectivity index (χ0) is 44.3. The first kappa shape index (κ1) is 38.7. The minimum atomic E-state index is -0.536. The van der Waals surface area contributed by atoms with Gasteiger partial charge >= 0.3 is 0 Å². The quantitative estimate of drug-likeness (QED) is 0.148. The van der Waals surface area contributed by atoms with Gasteiger partial charge in [0.1, 0.15) is 0 Å². The highest BCUT2D eigenvalue weighted by Gasteiger charge is 2.46. The van der Waals surface area contributed by atoms with Crippen molar-refractivity contribution in [2.75, 3.05) is 4.90 Å². The molecule has 314 valence electrons. The molecule has 0 atom stereocenters. The van der Waals surface area contributed by atoms with Gasteiger partial charge in [-0.15, -0.1) is 0 Å². The van der Waals surface area contributed by atoms with Crippen molar-refractivity contribution in [1.29, 1.82) is 0 Å². The normalized spacial score (nSPS) is 12.6. The SMILES string of the molecule is c1ccc(-n2c3ccccc3c3cc(-c4ccccc4N(c4ccc(-c5cccc6ccccc56)cc4)c4ccc5c(c4)C(c4ccccc4)(c4ccccc4)c4ccccc4-5)ccc32)cc1. The molecule has 1 heterocycles. The van der Waals surface area contributed by atoms with Gasteiger partial charge in [-0.25, -0.2) is 0 Å². The molecule has 13 rings (SSSR count). The van der Waals surface area contributed by atoms with Gasteiger partial charge in [-0.3, -0.25) is 0 Å². The van der Waals surface area contributed by atoms with Gasteiger partial charge < -0.3 is 9.47 Å². The zero-order valence-electron chi connectivity index (χ0n) is 36.8. The van der Waals surface area contributed by atoms with Crippen molar-refractivity contribution in [3.05, 3.63) is 289 Å². The Kier molecular flexibility index (Phi) is 9.11. The number of fused-ring (bicyclic) bond motifs is 7. The van der Waals surface area contributed by atoms with Gasteiger partial charge in [-0.1, -0.05) is 206 Å². The van der Waals surface area contributed by atoms with Crippen LogP contribution in [-0.2, 0) is 5.41 Å². The van der Waals surface area contributed by atoms with E-state index < -0.39 is 5.41 Å². The van der Waals surface area contributed by atoms with E-state index in [1.807, 2.05) is 0 Å². The molecular formula is C65H44N2. The fraction of sp³-hybridized carbons (Fsp3) is 0.0154. The number of hydrogen-bond acceptors (Lipinski definition) is 1. The van der Waals surface area contributed by atoms with Gasteiger partial charge in [-0.05, 0) is 122 Å². The van der Waals surface area contributed by atoms with Crippen molar-refractivity contribution in [1.82, 2.24) is 4.57 Å². The standard InChI is InChI=1S/C65H44N2/c1-4-21-48(22-5-1)65(49-23-6-2-7-24-49)60-32-15-12-29-56(60)57-41-40-52(44-61(57)65)66(51-38-35-46(36-39-51)54-31-18-20-45-19-10-11-27-53(45)54)62-33-16-13-28-55(62)47-37-42-64-59(43-47)58-30-14-17-34-63(58)67(64)50-25-8-3-9-26-50/h1-44H. The molecule has 2 heteroatoms. The van der Waals surface area contributed by atoms with Crippen molar-refractivity contribution in [2.45, 2.75) is 5.41 Å². The lowest BCUT2D eigenvalue weighted by Gasteiger charge is -2.35. The van der Waals surface area contributed by atoms with E-state index in [1.54, 1.807) is 0 Å². The first-order valence-electron chi connectivity index (χ1n) is 23.2. The molecule has 0 saturated heterocycles. The predicted octanol–water partition coefficient (Wildman–Crippen LogP) is 17.1. The van der Waals surface area contributed by atoms with Crippen molar-refractivity contribution in [3.8, 4) is 39.1 Å². The number of para-hydroxylation sites is 3. The molecule has 0 radical (unpaired) electrons. The van der Waals surface area contributed by atoms with Gasteiger partial charge in [0.25, 0.3) is 0 Å². The Bertz CT molecular complexity index is 3750. The highest BCUT2D eigenvalue weighted by molar-refractivity contribution is 6.11. The summed E-state index contributed by atoms with van der Waals surface area (Å²) in [5.41, 5.74) is 18.6. The summed E-state index contributed by atoms with van der Waals surface area (Å²) >= 11 is 0. The van der Waals surface area contributed by atoms with Crippen molar-refractivity contribution < 1.29 is 0 Å². The number of anilines is 3. The number of hydrogen-bond donors (Lipinski definition) is 0. The molecule has 0 fully saturated rings. The third kappa shape index (κ3) is 6.11. The monoisotopic (exact) mass is 852 g/mol. The number of nitrogens with zero attached hydrogens (tertiary/aromatic N) is 2. The fourth-order valence-corrected chi connectivity index (χ4v) is 11.2. The molecule has 1 aliphatic carbocycles. The lowest BCUT2D eigenvalue weighted by atomic mass is 9.67. The molecule has 0 saturated carbocycles. The second-order valence-electron chi connectivity index (χ2n) is 17.6. The smallest absolute Gasteiger partial charge is 0.0714 e. The molecule has 0 amide bonds. The van der Waals surface area contributed by atoms with Gasteiger partial charge in [0.15, 0.2) is 0 Å². The van der Waals surface area contributed by atoms with E-state index >= 15 is 0 Å². The molecule has 67 heavy (non-hydrogen) atoms. The Hall–Kier alpha value is -8.72. The van der Waals surface area contributed by atoms with Crippen LogP contribution in [0, 0.1) is 0 Å². The maximum atomic E-state index is 2.48. The molecule has 2 nitrogen and oxygen atoms in total. The van der Waals surface area contributed by atoms with Crippen LogP contribution in [0.1, 0.15) is 22.3 Å². The van der Waals surface area contributed by atoms with Crippen LogP contribution in [0.15, 0.2) is 267 Å². The van der Waals surface area contributed by atoms with Crippen molar-refractivity contribution >= 4 is 49.6 Å². The Morgan fingerprint density at radius 3 is 1.64 bits per heavy atom. The van der Waals surface area contributed by atoms with E-state index in [4.69, 9.17) is 0 Å². The number of rotatable bonds is 8. The summed E-state index contributed by atoms with van der Waals surface area (Å²) in [7, 11) is 0. The summed E-state index contributed by atoms with van der Waals surface area (Å²) in [6, 6.07) is 98.2. The average molecular weight is 853 g/mol. The third-order valence-electron chi connectivity index (χ3n) is 14.1. The summed E-state index contributed by atoms with van der Waals surface area (Å²) in [6.07, 6.45) is 0. The lowest BCUT2D eigenvalue weighted by molar-refractivity contribution is 0.768. The minimum Gasteiger partial charge on any atom is -0.310 e. The predicted molar refractivity (Wildman–Crippen MR) is 281 cm³/mol. The largest absolute Gasteiger partial charge is 0.310 e. The minimum absolute atomic E-state index is 0.536. The molecule has 12 aromatic rings. The van der Waals surface area contributed by atoms with Crippen LogP contribution in [0.3, 0.4) is 0 Å². The fourth-order valence-electron chi connectivity index (χ4n) is 11.2. The van der Waals surface area contributed by atoms with Crippen LogP contribution in [-0.4, -0.2) is 4.57 Å². The van der Waals surface area contributed by atoms with E-state index in [1.165, 1.54) is 77.1 Å². The van der Waals surface area contributed by atoms with E-state index in [9.17, 15) is 0 Å². The number of benzene rings is 11. The highest BCUT2D eigenvalue weighted by Crippen LogP contribution is 2.57. The van der Waals surface area contributed by atoms with Gasteiger partial charge in [0.2, 0.25) is 0 Å². The highest BCUT2D eigenvalue weighted by atomic mass is 15.1. The summed E-state index contributed by atoms with van der Waals surface area (Å²) in [5, 5.41) is 4.95. The summed E-state index contributed by atoms with van der Waals surface area (Å²) < 4.78 is 2.39. The Balaban J connectivity index is 1.04. The zero-order valence-corrected chi connectivity index (χ0v) is 36.8. The topological polar surface area (TPSA) is 8.17 Å². The van der Waals surface area contributed by atoms with E-state index in [0.717, 1.165) is 33.9 Å². The second kappa shape index (κ2) is 15.8. The summed E-state index contributed by atoms with van der Waals surface area (Å²) in [5.74, 6) is 0. The molecular weight excluding hydrogens is 809 g/mol. The van der Waals surface area contributed by atoms with E-state index in [2.05, 4.69) is 276 Å². The van der Waals surface area contributed by atoms with Gasteiger partial charge in [0, 0.05) is 33.4 Å².